The first-order chi connectivity index (χ1) is 6.04. The van der Waals surface area contributed by atoms with Gasteiger partial charge in [0.05, 0.1) is 0 Å². The Morgan fingerprint density at radius 2 is 2.08 bits per heavy atom. The predicted molar refractivity (Wildman–Crippen MR) is 56.0 cm³/mol. The van der Waals surface area contributed by atoms with Gasteiger partial charge >= 0.3 is 0 Å². The molecule has 1 aromatic carbocycles. The van der Waals surface area contributed by atoms with E-state index in [2.05, 4.69) is 0 Å². The fourth-order valence-electron chi connectivity index (χ4n) is 1.40. The van der Waals surface area contributed by atoms with E-state index in [9.17, 15) is 0 Å². The van der Waals surface area contributed by atoms with Crippen molar-refractivity contribution in [3.05, 3.63) is 29.3 Å². The van der Waals surface area contributed by atoms with E-state index in [1.807, 2.05) is 19.1 Å². The molecule has 5 N–H and O–H groups in total. The lowest BCUT2D eigenvalue weighted by molar-refractivity contribution is 0.816. The lowest BCUT2D eigenvalue weighted by Gasteiger charge is -2.13. The van der Waals surface area contributed by atoms with Crippen LogP contribution in [0.2, 0.25) is 0 Å². The number of nitrogens with two attached hydrogens (primary N) is 2. The summed E-state index contributed by atoms with van der Waals surface area (Å²) >= 11 is 0. The van der Waals surface area contributed by atoms with Gasteiger partial charge in [-0.1, -0.05) is 12.1 Å². The van der Waals surface area contributed by atoms with Crippen molar-refractivity contribution in [1.82, 2.24) is 0 Å². The average Bonchev–Trinajstić information content (AvgIpc) is 2.02. The molecule has 0 amide bonds. The highest BCUT2D eigenvalue weighted by molar-refractivity contribution is 6.02. The molecule has 0 saturated carbocycles. The van der Waals surface area contributed by atoms with Crippen LogP contribution in [0.1, 0.15) is 31.0 Å². The van der Waals surface area contributed by atoms with Gasteiger partial charge in [0.2, 0.25) is 0 Å². The minimum atomic E-state index is -0.0844. The predicted octanol–water partition coefficient (Wildman–Crippen LogP) is 1.68. The summed E-state index contributed by atoms with van der Waals surface area (Å²) in [5, 5.41) is 7.57. The van der Waals surface area contributed by atoms with Crippen LogP contribution < -0.4 is 11.5 Å². The zero-order chi connectivity index (χ0) is 10.0. The number of hydrogen-bond acceptors (Lipinski definition) is 3. The van der Waals surface area contributed by atoms with Crippen molar-refractivity contribution < 1.29 is 0 Å². The van der Waals surface area contributed by atoms with E-state index in [1.165, 1.54) is 0 Å². The molecule has 0 aliphatic carbocycles. The Balaban J connectivity index is 3.34. The largest absolute Gasteiger partial charge is 0.398 e. The third-order valence-corrected chi connectivity index (χ3v) is 1.99. The van der Waals surface area contributed by atoms with Crippen LogP contribution in [0.15, 0.2) is 18.2 Å². The monoisotopic (exact) mass is 177 g/mol. The van der Waals surface area contributed by atoms with Gasteiger partial charge in [0, 0.05) is 23.0 Å². The molecule has 0 fully saturated rings. The van der Waals surface area contributed by atoms with Gasteiger partial charge in [-0.3, -0.25) is 0 Å². The molecule has 0 saturated heterocycles. The molecule has 0 aliphatic rings. The maximum absolute atomic E-state index is 7.57. The summed E-state index contributed by atoms with van der Waals surface area (Å²) in [6, 6.07) is 5.48. The molecule has 1 atom stereocenters. The summed E-state index contributed by atoms with van der Waals surface area (Å²) in [7, 11) is 0. The topological polar surface area (TPSA) is 75.9 Å². The molecule has 1 aromatic rings. The van der Waals surface area contributed by atoms with Gasteiger partial charge in [-0.2, -0.15) is 0 Å². The number of benzene rings is 1. The van der Waals surface area contributed by atoms with Crippen molar-refractivity contribution in [2.45, 2.75) is 19.9 Å². The van der Waals surface area contributed by atoms with Crippen LogP contribution in [-0.4, -0.2) is 5.71 Å². The Labute approximate surface area is 78.3 Å². The number of rotatable bonds is 2. The van der Waals surface area contributed by atoms with E-state index in [1.54, 1.807) is 13.0 Å². The highest BCUT2D eigenvalue weighted by Gasteiger charge is 2.10. The zero-order valence-corrected chi connectivity index (χ0v) is 7.96. The second kappa shape index (κ2) is 3.58. The molecule has 0 aromatic heterocycles. The van der Waals surface area contributed by atoms with Gasteiger partial charge in [0.15, 0.2) is 0 Å². The first kappa shape index (κ1) is 9.74. The highest BCUT2D eigenvalue weighted by atomic mass is 14.6. The molecule has 0 aliphatic heterocycles. The Kier molecular flexibility index (Phi) is 2.68. The first-order valence-corrected chi connectivity index (χ1v) is 4.23. The van der Waals surface area contributed by atoms with E-state index < -0.39 is 0 Å². The molecule has 0 radical (unpaired) electrons. The second-order valence-corrected chi connectivity index (χ2v) is 3.23. The van der Waals surface area contributed by atoms with Crippen molar-refractivity contribution in [3.8, 4) is 0 Å². The summed E-state index contributed by atoms with van der Waals surface area (Å²) in [4.78, 5) is 0. The Hall–Kier alpha value is -1.35. The fraction of sp³-hybridized carbons (Fsp3) is 0.300. The number of nitrogen functional groups attached to an aromatic ring is 1. The highest BCUT2D eigenvalue weighted by Crippen LogP contribution is 2.21. The standard InChI is InChI=1S/C10H15N3/c1-6(11)8-4-3-5-9(13)10(8)7(2)12/h3-6,12H,11,13H2,1-2H3. The molecular weight excluding hydrogens is 162 g/mol. The van der Waals surface area contributed by atoms with Crippen LogP contribution in [0.5, 0.6) is 0 Å². The van der Waals surface area contributed by atoms with Crippen molar-refractivity contribution >= 4 is 11.4 Å². The van der Waals surface area contributed by atoms with Gasteiger partial charge in [0.1, 0.15) is 0 Å². The van der Waals surface area contributed by atoms with E-state index in [4.69, 9.17) is 16.9 Å². The van der Waals surface area contributed by atoms with Crippen LogP contribution in [0.3, 0.4) is 0 Å². The fourth-order valence-corrected chi connectivity index (χ4v) is 1.40. The summed E-state index contributed by atoms with van der Waals surface area (Å²) in [6.45, 7) is 3.61. The zero-order valence-electron chi connectivity index (χ0n) is 7.96. The van der Waals surface area contributed by atoms with Crippen LogP contribution in [-0.2, 0) is 0 Å². The lowest BCUT2D eigenvalue weighted by atomic mass is 9.97. The molecule has 70 valence electrons. The molecule has 3 heteroatoms. The molecular formula is C10H15N3. The summed E-state index contributed by atoms with van der Waals surface area (Å²) in [5.74, 6) is 0. The third kappa shape index (κ3) is 1.87. The Morgan fingerprint density at radius 3 is 2.46 bits per heavy atom. The second-order valence-electron chi connectivity index (χ2n) is 3.23. The molecule has 1 rings (SSSR count). The minimum Gasteiger partial charge on any atom is -0.398 e. The van der Waals surface area contributed by atoms with Gasteiger partial charge < -0.3 is 16.9 Å². The Morgan fingerprint density at radius 1 is 1.46 bits per heavy atom. The van der Waals surface area contributed by atoms with Gasteiger partial charge in [0.25, 0.3) is 0 Å². The lowest BCUT2D eigenvalue weighted by Crippen LogP contribution is -2.12. The van der Waals surface area contributed by atoms with Crippen molar-refractivity contribution in [3.63, 3.8) is 0 Å². The van der Waals surface area contributed by atoms with E-state index >= 15 is 0 Å². The quantitative estimate of drug-likeness (QED) is 0.475. The summed E-state index contributed by atoms with van der Waals surface area (Å²) in [6.07, 6.45) is 0. The maximum Gasteiger partial charge on any atom is 0.0409 e. The summed E-state index contributed by atoms with van der Waals surface area (Å²) in [5.41, 5.74) is 14.3. The SMILES string of the molecule is CC(=N)c1c(N)cccc1C(C)N. The van der Waals surface area contributed by atoms with E-state index in [-0.39, 0.29) is 6.04 Å². The van der Waals surface area contributed by atoms with Crippen molar-refractivity contribution in [2.24, 2.45) is 5.73 Å². The summed E-state index contributed by atoms with van der Waals surface area (Å²) < 4.78 is 0. The number of anilines is 1. The molecule has 1 unspecified atom stereocenters. The Bertz CT molecular complexity index is 329. The van der Waals surface area contributed by atoms with Gasteiger partial charge in [-0.15, -0.1) is 0 Å². The molecule has 0 heterocycles. The van der Waals surface area contributed by atoms with Gasteiger partial charge in [-0.25, -0.2) is 0 Å². The maximum atomic E-state index is 7.57. The van der Waals surface area contributed by atoms with Crippen molar-refractivity contribution in [1.29, 1.82) is 5.41 Å². The van der Waals surface area contributed by atoms with Gasteiger partial charge in [-0.05, 0) is 25.5 Å². The van der Waals surface area contributed by atoms with E-state index in [0.29, 0.717) is 11.4 Å². The minimum absolute atomic E-state index is 0.0844. The van der Waals surface area contributed by atoms with Crippen molar-refractivity contribution in [2.75, 3.05) is 5.73 Å². The average molecular weight is 177 g/mol. The third-order valence-electron chi connectivity index (χ3n) is 1.99. The molecule has 0 spiro atoms. The van der Waals surface area contributed by atoms with Crippen LogP contribution >= 0.6 is 0 Å². The normalized spacial score (nSPS) is 12.5. The smallest absolute Gasteiger partial charge is 0.0409 e. The number of nitrogens with one attached hydrogen (secondary N) is 1. The van der Waals surface area contributed by atoms with Crippen LogP contribution in [0, 0.1) is 5.41 Å². The van der Waals surface area contributed by atoms with E-state index in [0.717, 1.165) is 11.1 Å². The number of hydrogen-bond donors (Lipinski definition) is 3. The first-order valence-electron chi connectivity index (χ1n) is 4.23. The molecule has 13 heavy (non-hydrogen) atoms. The molecule has 0 bridgehead atoms. The van der Waals surface area contributed by atoms with Crippen LogP contribution in [0.25, 0.3) is 0 Å². The van der Waals surface area contributed by atoms with Crippen LogP contribution in [0.4, 0.5) is 5.69 Å². The molecule has 3 nitrogen and oxygen atoms in total.